The average Bonchev–Trinajstić information content (AvgIpc) is 3.08. The Balaban J connectivity index is 1.44. The van der Waals surface area contributed by atoms with Gasteiger partial charge in [0.15, 0.2) is 5.82 Å². The second-order valence-electron chi connectivity index (χ2n) is 7.31. The van der Waals surface area contributed by atoms with Gasteiger partial charge in [-0.3, -0.25) is 4.72 Å². The van der Waals surface area contributed by atoms with Crippen LogP contribution in [0.15, 0.2) is 65.6 Å². The molecule has 4 aromatic rings. The summed E-state index contributed by atoms with van der Waals surface area (Å²) in [5, 5.41) is 21.6. The number of sulfonamides is 1. The fourth-order valence-corrected chi connectivity index (χ4v) is 4.12. The van der Waals surface area contributed by atoms with Crippen LogP contribution in [0.25, 0.3) is 5.82 Å². The molecule has 33 heavy (non-hydrogen) atoms. The molecule has 0 atom stereocenters. The summed E-state index contributed by atoms with van der Waals surface area (Å²) in [7, 11) is -3.78. The lowest BCUT2D eigenvalue weighted by atomic mass is 10.2. The third-order valence-electron chi connectivity index (χ3n) is 5.12. The number of nitriles is 1. The van der Waals surface area contributed by atoms with Crippen molar-refractivity contribution in [2.75, 3.05) is 4.72 Å². The third-order valence-corrected chi connectivity index (χ3v) is 6.52. The maximum Gasteiger partial charge on any atom is 0.261 e. The molecule has 0 bridgehead atoms. The molecule has 166 valence electrons. The number of nitrogens with zero attached hydrogens (tertiary/aromatic N) is 5. The van der Waals surface area contributed by atoms with E-state index in [2.05, 4.69) is 20.0 Å². The Morgan fingerprint density at radius 1 is 0.939 bits per heavy atom. The van der Waals surface area contributed by atoms with Gasteiger partial charge in [0.2, 0.25) is 5.88 Å². The van der Waals surface area contributed by atoms with Crippen LogP contribution in [0, 0.1) is 32.1 Å². The summed E-state index contributed by atoms with van der Waals surface area (Å²) in [5.74, 6) is 1.35. The van der Waals surface area contributed by atoms with E-state index in [-0.39, 0.29) is 4.90 Å². The maximum absolute atomic E-state index is 12.5. The molecule has 2 aromatic carbocycles. The summed E-state index contributed by atoms with van der Waals surface area (Å²) in [6.45, 7) is 5.92. The first-order valence-electron chi connectivity index (χ1n) is 9.94. The molecule has 0 amide bonds. The van der Waals surface area contributed by atoms with Crippen LogP contribution in [0.3, 0.4) is 0 Å². The van der Waals surface area contributed by atoms with E-state index < -0.39 is 10.0 Å². The van der Waals surface area contributed by atoms with Crippen LogP contribution in [0.1, 0.15) is 22.5 Å². The minimum Gasteiger partial charge on any atom is -0.438 e. The summed E-state index contributed by atoms with van der Waals surface area (Å²) in [5.41, 5.74) is 3.79. The predicted octanol–water partition coefficient (Wildman–Crippen LogP) is 4.05. The zero-order valence-electron chi connectivity index (χ0n) is 18.1. The summed E-state index contributed by atoms with van der Waals surface area (Å²) in [4.78, 5) is 0.0648. The van der Waals surface area contributed by atoms with Crippen molar-refractivity contribution < 1.29 is 13.2 Å². The van der Waals surface area contributed by atoms with Crippen molar-refractivity contribution in [3.8, 4) is 23.5 Å². The number of aromatic nitrogens is 4. The normalized spacial score (nSPS) is 11.1. The molecule has 0 aliphatic carbocycles. The minimum atomic E-state index is -3.78. The van der Waals surface area contributed by atoms with Gasteiger partial charge < -0.3 is 4.74 Å². The zero-order valence-corrected chi connectivity index (χ0v) is 19.0. The van der Waals surface area contributed by atoms with E-state index in [0.29, 0.717) is 28.7 Å². The van der Waals surface area contributed by atoms with Crippen molar-refractivity contribution in [1.82, 2.24) is 20.0 Å². The Hall–Kier alpha value is -4.23. The molecule has 0 radical (unpaired) electrons. The van der Waals surface area contributed by atoms with E-state index in [9.17, 15) is 8.42 Å². The summed E-state index contributed by atoms with van der Waals surface area (Å²) in [6, 6.07) is 17.5. The zero-order chi connectivity index (χ0) is 23.6. The number of rotatable bonds is 6. The van der Waals surface area contributed by atoms with Crippen LogP contribution in [0.4, 0.5) is 5.69 Å². The number of aryl methyl sites for hydroxylation is 1. The number of nitrogens with one attached hydrogen (secondary N) is 1. The van der Waals surface area contributed by atoms with E-state index in [4.69, 9.17) is 10.00 Å². The lowest BCUT2D eigenvalue weighted by molar-refractivity contribution is 0.454. The van der Waals surface area contributed by atoms with Crippen molar-refractivity contribution in [3.05, 3.63) is 83.2 Å². The maximum atomic E-state index is 12.5. The summed E-state index contributed by atoms with van der Waals surface area (Å²) >= 11 is 0. The second-order valence-corrected chi connectivity index (χ2v) is 8.99. The molecular formula is C23H20N6O3S. The quantitative estimate of drug-likeness (QED) is 0.460. The van der Waals surface area contributed by atoms with Crippen LogP contribution >= 0.6 is 0 Å². The molecule has 4 rings (SSSR count). The molecule has 0 unspecified atom stereocenters. The van der Waals surface area contributed by atoms with Crippen LogP contribution in [-0.4, -0.2) is 28.4 Å². The highest BCUT2D eigenvalue weighted by molar-refractivity contribution is 7.92. The first-order chi connectivity index (χ1) is 15.8. The van der Waals surface area contributed by atoms with Gasteiger partial charge in [0.05, 0.1) is 22.2 Å². The number of hydrogen-bond donors (Lipinski definition) is 1. The SMILES string of the molecule is Cc1nn(-c2ccc(Oc3ccc(NS(=O)(=O)c4ccc(C#N)cc4)cc3)nn2)c(C)c1C. The lowest BCUT2D eigenvalue weighted by Crippen LogP contribution is -2.12. The van der Waals surface area contributed by atoms with Gasteiger partial charge in [-0.05, 0) is 80.9 Å². The Labute approximate surface area is 191 Å². The first kappa shape index (κ1) is 22.0. The van der Waals surface area contributed by atoms with Gasteiger partial charge in [0.25, 0.3) is 10.0 Å². The summed E-state index contributed by atoms with van der Waals surface area (Å²) in [6.07, 6.45) is 0. The van der Waals surface area contributed by atoms with Gasteiger partial charge in [-0.15, -0.1) is 10.2 Å². The molecule has 2 heterocycles. The number of anilines is 1. The Morgan fingerprint density at radius 2 is 1.64 bits per heavy atom. The van der Waals surface area contributed by atoms with Gasteiger partial charge in [-0.2, -0.15) is 10.4 Å². The van der Waals surface area contributed by atoms with Crippen LogP contribution < -0.4 is 9.46 Å². The van der Waals surface area contributed by atoms with E-state index in [1.807, 2.05) is 26.8 Å². The van der Waals surface area contributed by atoms with Crippen LogP contribution in [0.5, 0.6) is 11.6 Å². The predicted molar refractivity (Wildman–Crippen MR) is 122 cm³/mol. The van der Waals surface area contributed by atoms with Gasteiger partial charge in [-0.1, -0.05) is 0 Å². The van der Waals surface area contributed by atoms with Crippen molar-refractivity contribution in [1.29, 1.82) is 5.26 Å². The van der Waals surface area contributed by atoms with E-state index in [0.717, 1.165) is 17.0 Å². The van der Waals surface area contributed by atoms with E-state index >= 15 is 0 Å². The third kappa shape index (κ3) is 4.68. The van der Waals surface area contributed by atoms with Crippen molar-refractivity contribution in [2.24, 2.45) is 0 Å². The summed E-state index contributed by atoms with van der Waals surface area (Å²) < 4.78 is 35.0. The molecular weight excluding hydrogens is 440 g/mol. The molecule has 10 heteroatoms. The van der Waals surface area contributed by atoms with Crippen LogP contribution in [-0.2, 0) is 10.0 Å². The smallest absolute Gasteiger partial charge is 0.261 e. The van der Waals surface area contributed by atoms with E-state index in [1.165, 1.54) is 24.3 Å². The Bertz CT molecular complexity index is 1440. The van der Waals surface area contributed by atoms with Crippen molar-refractivity contribution in [2.45, 2.75) is 25.7 Å². The average molecular weight is 461 g/mol. The fraction of sp³-hybridized carbons (Fsp3) is 0.130. The van der Waals surface area contributed by atoms with Gasteiger partial charge in [0.1, 0.15) is 5.75 Å². The van der Waals surface area contributed by atoms with E-state index in [1.54, 1.807) is 41.1 Å². The molecule has 0 aliphatic rings. The monoisotopic (exact) mass is 460 g/mol. The minimum absolute atomic E-state index is 0.0648. The fourth-order valence-electron chi connectivity index (χ4n) is 3.06. The molecule has 9 nitrogen and oxygen atoms in total. The largest absolute Gasteiger partial charge is 0.438 e. The number of hydrogen-bond acceptors (Lipinski definition) is 7. The number of benzene rings is 2. The molecule has 0 saturated heterocycles. The van der Waals surface area contributed by atoms with Gasteiger partial charge in [0, 0.05) is 17.4 Å². The number of ether oxygens (including phenoxy) is 1. The van der Waals surface area contributed by atoms with Gasteiger partial charge >= 0.3 is 0 Å². The van der Waals surface area contributed by atoms with Gasteiger partial charge in [-0.25, -0.2) is 13.1 Å². The Kier molecular flexibility index (Phi) is 5.81. The molecule has 0 aliphatic heterocycles. The molecule has 1 N–H and O–H groups in total. The second kappa shape index (κ2) is 8.72. The van der Waals surface area contributed by atoms with Crippen molar-refractivity contribution >= 4 is 15.7 Å². The molecule has 0 spiro atoms. The topological polar surface area (TPSA) is 123 Å². The lowest BCUT2D eigenvalue weighted by Gasteiger charge is -2.09. The standard InChI is InChI=1S/C23H20N6O3S/c1-15-16(2)27-29(17(15)3)22-12-13-23(26-25-22)32-20-8-6-19(7-9-20)28-33(30,31)21-10-4-18(14-24)5-11-21/h4-13,28H,1-3H3. The van der Waals surface area contributed by atoms with Crippen molar-refractivity contribution in [3.63, 3.8) is 0 Å². The first-order valence-corrected chi connectivity index (χ1v) is 11.4. The molecule has 2 aromatic heterocycles. The molecule has 0 fully saturated rings. The van der Waals surface area contributed by atoms with Crippen LogP contribution in [0.2, 0.25) is 0 Å². The molecule has 0 saturated carbocycles. The Morgan fingerprint density at radius 3 is 2.18 bits per heavy atom. The highest BCUT2D eigenvalue weighted by Crippen LogP contribution is 2.24. The highest BCUT2D eigenvalue weighted by atomic mass is 32.2. The highest BCUT2D eigenvalue weighted by Gasteiger charge is 2.14.